The van der Waals surface area contributed by atoms with Crippen molar-refractivity contribution in [2.45, 2.75) is 31.7 Å². The highest BCUT2D eigenvalue weighted by Crippen LogP contribution is 2.22. The second kappa shape index (κ2) is 9.99. The number of piperidine rings is 1. The fourth-order valence-electron chi connectivity index (χ4n) is 3.21. The van der Waals surface area contributed by atoms with Crippen molar-refractivity contribution in [3.05, 3.63) is 47.8 Å². The quantitative estimate of drug-likeness (QED) is 0.814. The number of hydrogen-bond acceptors (Lipinski definition) is 5. The first kappa shape index (κ1) is 21.7. The van der Waals surface area contributed by atoms with Crippen LogP contribution in [0.5, 0.6) is 5.75 Å². The Morgan fingerprint density at radius 1 is 1.28 bits per heavy atom. The molecule has 3 rings (SSSR count). The van der Waals surface area contributed by atoms with Crippen LogP contribution in [-0.2, 0) is 13.1 Å². The van der Waals surface area contributed by atoms with E-state index < -0.39 is 0 Å². The molecule has 1 aliphatic rings. The SMILES string of the molecule is COc1ccc(CN2C[C@@H](N)C[C@@H](O)C2)cc1Cn1cccn1.Cl.Cl. The molecule has 0 spiro atoms. The molecular formula is C17H26Cl2N4O2. The highest BCUT2D eigenvalue weighted by molar-refractivity contribution is 5.85. The lowest BCUT2D eigenvalue weighted by atomic mass is 10.0. The first-order valence-corrected chi connectivity index (χ1v) is 7.93. The third-order valence-electron chi connectivity index (χ3n) is 4.18. The number of aromatic nitrogens is 2. The number of nitrogens with zero attached hydrogens (tertiary/aromatic N) is 3. The number of ether oxygens (including phenoxy) is 1. The van der Waals surface area contributed by atoms with Crippen LogP contribution in [0.25, 0.3) is 0 Å². The zero-order chi connectivity index (χ0) is 16.2. The zero-order valence-corrected chi connectivity index (χ0v) is 15.9. The molecule has 1 fully saturated rings. The predicted octanol–water partition coefficient (Wildman–Crippen LogP) is 1.68. The molecule has 25 heavy (non-hydrogen) atoms. The van der Waals surface area contributed by atoms with E-state index in [0.717, 1.165) is 24.4 Å². The van der Waals surface area contributed by atoms with Crippen LogP contribution in [0.3, 0.4) is 0 Å². The number of rotatable bonds is 5. The second-order valence-corrected chi connectivity index (χ2v) is 6.19. The molecule has 1 saturated heterocycles. The first-order chi connectivity index (χ1) is 11.1. The lowest BCUT2D eigenvalue weighted by Crippen LogP contribution is -2.48. The largest absolute Gasteiger partial charge is 0.496 e. The van der Waals surface area contributed by atoms with Crippen LogP contribution in [0.1, 0.15) is 17.5 Å². The number of hydrogen-bond donors (Lipinski definition) is 2. The molecule has 3 N–H and O–H groups in total. The van der Waals surface area contributed by atoms with Crippen molar-refractivity contribution in [2.24, 2.45) is 5.73 Å². The third kappa shape index (κ3) is 5.87. The molecule has 0 amide bonds. The van der Waals surface area contributed by atoms with E-state index >= 15 is 0 Å². The van der Waals surface area contributed by atoms with E-state index in [2.05, 4.69) is 22.1 Å². The first-order valence-electron chi connectivity index (χ1n) is 7.93. The lowest BCUT2D eigenvalue weighted by molar-refractivity contribution is 0.0564. The van der Waals surface area contributed by atoms with Gasteiger partial charge in [-0.1, -0.05) is 6.07 Å². The van der Waals surface area contributed by atoms with E-state index in [1.165, 1.54) is 5.56 Å². The van der Waals surface area contributed by atoms with E-state index in [-0.39, 0.29) is 37.0 Å². The summed E-state index contributed by atoms with van der Waals surface area (Å²) in [5.74, 6) is 0.861. The van der Waals surface area contributed by atoms with Crippen molar-refractivity contribution in [2.75, 3.05) is 20.2 Å². The number of β-amino-alcohol motifs (C(OH)–C–C–N with tert-alkyl or cyclic N) is 1. The molecule has 140 valence electrons. The summed E-state index contributed by atoms with van der Waals surface area (Å²) in [6.45, 7) is 2.94. The van der Waals surface area contributed by atoms with Gasteiger partial charge in [-0.3, -0.25) is 9.58 Å². The molecular weight excluding hydrogens is 363 g/mol. The normalized spacial score (nSPS) is 20.4. The maximum atomic E-state index is 9.88. The van der Waals surface area contributed by atoms with E-state index in [4.69, 9.17) is 10.5 Å². The Labute approximate surface area is 160 Å². The molecule has 2 heterocycles. The average Bonchev–Trinajstić information content (AvgIpc) is 2.99. The number of methoxy groups -OCH3 is 1. The van der Waals surface area contributed by atoms with E-state index in [1.807, 2.05) is 23.0 Å². The van der Waals surface area contributed by atoms with Gasteiger partial charge in [0.05, 0.1) is 19.8 Å². The van der Waals surface area contributed by atoms with Crippen molar-refractivity contribution in [3.63, 3.8) is 0 Å². The van der Waals surface area contributed by atoms with Gasteiger partial charge in [0.25, 0.3) is 0 Å². The predicted molar refractivity (Wildman–Crippen MR) is 103 cm³/mol. The molecule has 0 unspecified atom stereocenters. The van der Waals surface area contributed by atoms with Gasteiger partial charge in [0.15, 0.2) is 0 Å². The highest BCUT2D eigenvalue weighted by Gasteiger charge is 2.23. The van der Waals surface area contributed by atoms with E-state index in [1.54, 1.807) is 13.3 Å². The van der Waals surface area contributed by atoms with Gasteiger partial charge in [-0.25, -0.2) is 0 Å². The van der Waals surface area contributed by atoms with Gasteiger partial charge in [0.2, 0.25) is 0 Å². The molecule has 6 nitrogen and oxygen atoms in total. The summed E-state index contributed by atoms with van der Waals surface area (Å²) < 4.78 is 7.34. The van der Waals surface area contributed by atoms with Crippen molar-refractivity contribution >= 4 is 24.8 Å². The summed E-state index contributed by atoms with van der Waals surface area (Å²) in [6.07, 6.45) is 4.06. The van der Waals surface area contributed by atoms with Crippen molar-refractivity contribution in [1.29, 1.82) is 0 Å². The topological polar surface area (TPSA) is 76.5 Å². The number of aliphatic hydroxyl groups excluding tert-OH is 1. The minimum Gasteiger partial charge on any atom is -0.496 e. The number of likely N-dealkylation sites (tertiary alicyclic amines) is 1. The molecule has 0 saturated carbocycles. The van der Waals surface area contributed by atoms with Gasteiger partial charge in [0.1, 0.15) is 5.75 Å². The molecule has 0 radical (unpaired) electrons. The summed E-state index contributed by atoms with van der Waals surface area (Å²) in [4.78, 5) is 2.21. The Balaban J connectivity index is 0.00000156. The molecule has 1 aromatic carbocycles. The number of benzene rings is 1. The summed E-state index contributed by atoms with van der Waals surface area (Å²) >= 11 is 0. The van der Waals surface area contributed by atoms with Crippen LogP contribution >= 0.6 is 24.8 Å². The van der Waals surface area contributed by atoms with Gasteiger partial charge in [0, 0.05) is 43.6 Å². The second-order valence-electron chi connectivity index (χ2n) is 6.19. The fourth-order valence-corrected chi connectivity index (χ4v) is 3.21. The van der Waals surface area contributed by atoms with Crippen LogP contribution in [0.15, 0.2) is 36.7 Å². The maximum absolute atomic E-state index is 9.88. The van der Waals surface area contributed by atoms with Crippen LogP contribution in [0.2, 0.25) is 0 Å². The monoisotopic (exact) mass is 388 g/mol. The molecule has 8 heteroatoms. The fraction of sp³-hybridized carbons (Fsp3) is 0.471. The van der Waals surface area contributed by atoms with Crippen LogP contribution in [0.4, 0.5) is 0 Å². The summed E-state index contributed by atoms with van der Waals surface area (Å²) in [6, 6.07) is 8.16. The molecule has 2 atom stereocenters. The lowest BCUT2D eigenvalue weighted by Gasteiger charge is -2.34. The molecule has 0 aliphatic carbocycles. The van der Waals surface area contributed by atoms with Crippen molar-refractivity contribution in [1.82, 2.24) is 14.7 Å². The van der Waals surface area contributed by atoms with Gasteiger partial charge < -0.3 is 15.6 Å². The summed E-state index contributed by atoms with van der Waals surface area (Å²) in [5.41, 5.74) is 8.28. The Morgan fingerprint density at radius 3 is 2.72 bits per heavy atom. The number of nitrogens with two attached hydrogens (primary N) is 1. The van der Waals surface area contributed by atoms with Crippen LogP contribution in [0, 0.1) is 0 Å². The Bertz CT molecular complexity index is 630. The zero-order valence-electron chi connectivity index (χ0n) is 14.2. The molecule has 0 bridgehead atoms. The van der Waals surface area contributed by atoms with Gasteiger partial charge in [-0.05, 0) is 30.2 Å². The summed E-state index contributed by atoms with van der Waals surface area (Å²) in [7, 11) is 1.68. The van der Waals surface area contributed by atoms with Crippen molar-refractivity contribution in [3.8, 4) is 5.75 Å². The van der Waals surface area contributed by atoms with Crippen LogP contribution in [-0.4, -0.2) is 52.1 Å². The van der Waals surface area contributed by atoms with E-state index in [9.17, 15) is 5.11 Å². The molecule has 1 aromatic heterocycles. The minimum atomic E-state index is -0.333. The summed E-state index contributed by atoms with van der Waals surface area (Å²) in [5, 5.41) is 14.1. The van der Waals surface area contributed by atoms with Crippen LogP contribution < -0.4 is 10.5 Å². The van der Waals surface area contributed by atoms with E-state index in [0.29, 0.717) is 19.5 Å². The Kier molecular flexibility index (Phi) is 8.68. The standard InChI is InChI=1S/C17H24N4O2.2ClH/c1-23-17-4-3-13(7-14(17)10-21-6-2-5-19-21)9-20-11-15(18)8-16(22)12-20;;/h2-7,15-16,22H,8-12,18H2,1H3;2*1H/t15-,16+;;/m0../s1. The Hall–Kier alpha value is -1.31. The minimum absolute atomic E-state index is 0. The smallest absolute Gasteiger partial charge is 0.123 e. The highest BCUT2D eigenvalue weighted by atomic mass is 35.5. The van der Waals surface area contributed by atoms with Gasteiger partial charge in [-0.2, -0.15) is 5.10 Å². The number of halogens is 2. The molecule has 1 aliphatic heterocycles. The van der Waals surface area contributed by atoms with Gasteiger partial charge in [-0.15, -0.1) is 24.8 Å². The van der Waals surface area contributed by atoms with Gasteiger partial charge >= 0.3 is 0 Å². The maximum Gasteiger partial charge on any atom is 0.123 e. The third-order valence-corrected chi connectivity index (χ3v) is 4.18. The molecule has 2 aromatic rings. The van der Waals surface area contributed by atoms with Crippen molar-refractivity contribution < 1.29 is 9.84 Å². The Morgan fingerprint density at radius 2 is 2.08 bits per heavy atom. The average molecular weight is 389 g/mol. The number of aliphatic hydroxyl groups is 1.